The number of benzene rings is 1. The van der Waals surface area contributed by atoms with Gasteiger partial charge in [0.1, 0.15) is 19.0 Å². The van der Waals surface area contributed by atoms with Gasteiger partial charge < -0.3 is 15.2 Å². The summed E-state index contributed by atoms with van der Waals surface area (Å²) in [5.41, 5.74) is 0.748. The van der Waals surface area contributed by atoms with Gasteiger partial charge in [-0.2, -0.15) is 0 Å². The van der Waals surface area contributed by atoms with Gasteiger partial charge in [-0.3, -0.25) is 4.79 Å². The van der Waals surface area contributed by atoms with Crippen LogP contribution in [0.2, 0.25) is 0 Å². The molecule has 1 aromatic carbocycles. The van der Waals surface area contributed by atoms with Crippen LogP contribution >= 0.6 is 0 Å². The molecule has 1 aromatic rings. The number of aliphatic hydroxyl groups excluding tert-OH is 1. The molecule has 0 fully saturated rings. The third-order valence-electron chi connectivity index (χ3n) is 2.56. The lowest BCUT2D eigenvalue weighted by molar-refractivity contribution is 0.0247. The molecule has 1 rings (SSSR count). The van der Waals surface area contributed by atoms with Gasteiger partial charge in [0, 0.05) is 17.6 Å². The first-order valence-corrected chi connectivity index (χ1v) is 6.47. The largest absolute Gasteiger partial charge is 0.459 e. The number of hydrogen-bond donors (Lipinski definition) is 2. The van der Waals surface area contributed by atoms with Crippen LogP contribution in [-0.2, 0) is 4.74 Å². The fourth-order valence-electron chi connectivity index (χ4n) is 1.44. The minimum absolute atomic E-state index is 0.0721. The van der Waals surface area contributed by atoms with E-state index in [0.717, 1.165) is 0 Å². The highest BCUT2D eigenvalue weighted by molar-refractivity contribution is 5.90. The molecule has 20 heavy (non-hydrogen) atoms. The lowest BCUT2D eigenvalue weighted by Gasteiger charge is -2.22. The quantitative estimate of drug-likeness (QED) is 0.608. The highest BCUT2D eigenvalue weighted by Crippen LogP contribution is 2.05. The first-order chi connectivity index (χ1) is 9.31. The summed E-state index contributed by atoms with van der Waals surface area (Å²) < 4.78 is 5.01. The minimum Gasteiger partial charge on any atom is -0.459 e. The SMILES string of the molecule is CC(C)(C)NC[C@@H](O)COC(=O)c1ccc(C=O)cc1. The molecular formula is C15H21NO4. The second kappa shape index (κ2) is 7.17. The maximum Gasteiger partial charge on any atom is 0.338 e. The smallest absolute Gasteiger partial charge is 0.338 e. The number of hydrogen-bond acceptors (Lipinski definition) is 5. The lowest BCUT2D eigenvalue weighted by atomic mass is 10.1. The minimum atomic E-state index is -0.757. The van der Waals surface area contributed by atoms with E-state index in [-0.39, 0.29) is 12.1 Å². The van der Waals surface area contributed by atoms with Crippen LogP contribution in [0.15, 0.2) is 24.3 Å². The van der Waals surface area contributed by atoms with Gasteiger partial charge in [0.15, 0.2) is 0 Å². The van der Waals surface area contributed by atoms with Gasteiger partial charge in [0.2, 0.25) is 0 Å². The number of carbonyl (C=O) groups is 2. The molecule has 0 unspecified atom stereocenters. The highest BCUT2D eigenvalue weighted by atomic mass is 16.5. The van der Waals surface area contributed by atoms with Crippen LogP contribution in [0.25, 0.3) is 0 Å². The van der Waals surface area contributed by atoms with Gasteiger partial charge in [-0.05, 0) is 32.9 Å². The Morgan fingerprint density at radius 1 is 1.35 bits per heavy atom. The zero-order chi connectivity index (χ0) is 15.2. The summed E-state index contributed by atoms with van der Waals surface area (Å²) in [5.74, 6) is -0.516. The van der Waals surface area contributed by atoms with Crippen molar-refractivity contribution in [1.82, 2.24) is 5.32 Å². The van der Waals surface area contributed by atoms with Crippen molar-refractivity contribution in [2.75, 3.05) is 13.2 Å². The molecule has 0 aliphatic rings. The fourth-order valence-corrected chi connectivity index (χ4v) is 1.44. The molecule has 0 spiro atoms. The van der Waals surface area contributed by atoms with Gasteiger partial charge in [0.25, 0.3) is 0 Å². The van der Waals surface area contributed by atoms with E-state index in [1.807, 2.05) is 20.8 Å². The van der Waals surface area contributed by atoms with Crippen LogP contribution in [0.1, 0.15) is 41.5 Å². The van der Waals surface area contributed by atoms with Crippen molar-refractivity contribution in [3.05, 3.63) is 35.4 Å². The molecule has 0 saturated heterocycles. The molecule has 0 aromatic heterocycles. The number of aliphatic hydroxyl groups is 1. The second-order valence-corrected chi connectivity index (χ2v) is 5.62. The van der Waals surface area contributed by atoms with E-state index in [0.29, 0.717) is 24.0 Å². The third-order valence-corrected chi connectivity index (χ3v) is 2.56. The number of aldehydes is 1. The molecule has 0 saturated carbocycles. The Kier molecular flexibility index (Phi) is 5.85. The van der Waals surface area contributed by atoms with Crippen molar-refractivity contribution < 1.29 is 19.4 Å². The molecule has 2 N–H and O–H groups in total. The Morgan fingerprint density at radius 2 is 1.95 bits per heavy atom. The first-order valence-electron chi connectivity index (χ1n) is 6.47. The van der Waals surface area contributed by atoms with Gasteiger partial charge in [-0.25, -0.2) is 4.79 Å². The van der Waals surface area contributed by atoms with E-state index in [4.69, 9.17) is 4.74 Å². The Bertz CT molecular complexity index is 448. The Labute approximate surface area is 118 Å². The molecule has 0 aliphatic carbocycles. The zero-order valence-electron chi connectivity index (χ0n) is 12.1. The Balaban J connectivity index is 2.40. The molecule has 1 atom stereocenters. The average molecular weight is 279 g/mol. The first kappa shape index (κ1) is 16.3. The third kappa shape index (κ3) is 5.95. The second-order valence-electron chi connectivity index (χ2n) is 5.62. The Morgan fingerprint density at radius 3 is 2.45 bits per heavy atom. The molecule has 5 nitrogen and oxygen atoms in total. The number of carbonyl (C=O) groups excluding carboxylic acids is 2. The molecule has 0 aliphatic heterocycles. The van der Waals surface area contributed by atoms with Crippen LogP contribution in [0.5, 0.6) is 0 Å². The molecule has 110 valence electrons. The summed E-state index contributed by atoms with van der Waals surface area (Å²) >= 11 is 0. The molecule has 0 bridgehead atoms. The van der Waals surface area contributed by atoms with E-state index in [2.05, 4.69) is 5.32 Å². The lowest BCUT2D eigenvalue weighted by Crippen LogP contribution is -2.42. The van der Waals surface area contributed by atoms with E-state index < -0.39 is 12.1 Å². The standard InChI is InChI=1S/C15H21NO4/c1-15(2,3)16-8-13(18)10-20-14(19)12-6-4-11(9-17)5-7-12/h4-7,9,13,16,18H,8,10H2,1-3H3/t13-/m1/s1. The number of nitrogens with one attached hydrogen (secondary N) is 1. The Hall–Kier alpha value is -1.72. The predicted molar refractivity (Wildman–Crippen MR) is 75.9 cm³/mol. The summed E-state index contributed by atoms with van der Waals surface area (Å²) in [6, 6.07) is 6.13. The van der Waals surface area contributed by atoms with Gasteiger partial charge >= 0.3 is 5.97 Å². The molecular weight excluding hydrogens is 258 g/mol. The molecule has 5 heteroatoms. The number of esters is 1. The van der Waals surface area contributed by atoms with Crippen molar-refractivity contribution >= 4 is 12.3 Å². The van der Waals surface area contributed by atoms with Crippen LogP contribution in [0, 0.1) is 0 Å². The van der Waals surface area contributed by atoms with Crippen molar-refractivity contribution in [3.63, 3.8) is 0 Å². The summed E-state index contributed by atoms with van der Waals surface area (Å²) in [6.45, 7) is 6.24. The predicted octanol–water partition coefficient (Wildman–Crippen LogP) is 1.40. The summed E-state index contributed by atoms with van der Waals surface area (Å²) in [6.07, 6.45) is -0.0516. The topological polar surface area (TPSA) is 75.6 Å². The molecule has 0 amide bonds. The van der Waals surface area contributed by atoms with Crippen molar-refractivity contribution in [2.45, 2.75) is 32.4 Å². The van der Waals surface area contributed by atoms with Crippen LogP contribution < -0.4 is 5.32 Å². The number of rotatable bonds is 6. The van der Waals surface area contributed by atoms with Crippen LogP contribution in [0.3, 0.4) is 0 Å². The van der Waals surface area contributed by atoms with Crippen LogP contribution in [-0.4, -0.2) is 42.2 Å². The average Bonchev–Trinajstić information content (AvgIpc) is 2.41. The molecule has 0 heterocycles. The summed E-state index contributed by atoms with van der Waals surface area (Å²) in [5, 5.41) is 12.8. The van der Waals surface area contributed by atoms with Crippen molar-refractivity contribution in [1.29, 1.82) is 0 Å². The van der Waals surface area contributed by atoms with E-state index in [1.54, 1.807) is 12.1 Å². The van der Waals surface area contributed by atoms with Crippen molar-refractivity contribution in [2.24, 2.45) is 0 Å². The molecule has 0 radical (unpaired) electrons. The van der Waals surface area contributed by atoms with Gasteiger partial charge in [-0.1, -0.05) is 12.1 Å². The van der Waals surface area contributed by atoms with E-state index >= 15 is 0 Å². The van der Waals surface area contributed by atoms with Crippen LogP contribution in [0.4, 0.5) is 0 Å². The highest BCUT2D eigenvalue weighted by Gasteiger charge is 2.14. The number of β-amino-alcohol motifs (C(OH)–C–C–N with tert-alkyl or cyclic N) is 1. The summed E-state index contributed by atoms with van der Waals surface area (Å²) in [7, 11) is 0. The normalized spacial score (nSPS) is 12.8. The fraction of sp³-hybridized carbons (Fsp3) is 0.467. The van der Waals surface area contributed by atoms with E-state index in [9.17, 15) is 14.7 Å². The maximum absolute atomic E-state index is 11.7. The zero-order valence-corrected chi connectivity index (χ0v) is 12.1. The monoisotopic (exact) mass is 279 g/mol. The summed E-state index contributed by atoms with van der Waals surface area (Å²) in [4.78, 5) is 22.2. The maximum atomic E-state index is 11.7. The van der Waals surface area contributed by atoms with Gasteiger partial charge in [0.05, 0.1) is 5.56 Å². The van der Waals surface area contributed by atoms with Gasteiger partial charge in [-0.15, -0.1) is 0 Å². The van der Waals surface area contributed by atoms with Crippen molar-refractivity contribution in [3.8, 4) is 0 Å². The number of ether oxygens (including phenoxy) is 1. The van der Waals surface area contributed by atoms with E-state index in [1.165, 1.54) is 12.1 Å².